The molecule has 0 aliphatic heterocycles. The Bertz CT molecular complexity index is 896. The largest absolute Gasteiger partial charge is 0.503 e. The summed E-state index contributed by atoms with van der Waals surface area (Å²) in [5.41, 5.74) is 1.88. The lowest BCUT2D eigenvalue weighted by atomic mass is 9.86. The molecule has 1 N–H and O–H groups in total. The highest BCUT2D eigenvalue weighted by atomic mass is 16.3. The Kier molecular flexibility index (Phi) is 4.08. The molecule has 0 unspecified atom stereocenters. The van der Waals surface area contributed by atoms with Crippen LogP contribution in [0.3, 0.4) is 0 Å². The van der Waals surface area contributed by atoms with Crippen molar-refractivity contribution in [2.75, 3.05) is 6.54 Å². The molecule has 1 aromatic carbocycles. The third-order valence-electron chi connectivity index (χ3n) is 3.76. The van der Waals surface area contributed by atoms with Crippen molar-refractivity contribution in [2.45, 2.75) is 13.8 Å². The number of hydrogen-bond donors (Lipinski definition) is 1. The monoisotopic (exact) mass is 320 g/mol. The van der Waals surface area contributed by atoms with Crippen LogP contribution in [0.2, 0.25) is 0 Å². The number of allylic oxidation sites excluding steroid dienone is 2. The van der Waals surface area contributed by atoms with Crippen LogP contribution in [0.5, 0.6) is 0 Å². The predicted molar refractivity (Wildman–Crippen MR) is 90.8 cm³/mol. The molecule has 2 aromatic rings. The van der Waals surface area contributed by atoms with Gasteiger partial charge in [0.15, 0.2) is 5.76 Å². The van der Waals surface area contributed by atoms with Crippen molar-refractivity contribution in [3.63, 3.8) is 0 Å². The van der Waals surface area contributed by atoms with E-state index in [2.05, 4.69) is 9.98 Å². The topological polar surface area (TPSA) is 79.6 Å². The molecule has 1 aliphatic rings. The number of carbonyl (C=O) groups excluding carboxylic acids is 2. The SMILES string of the molecule is CC/N=C(\C1=C(O)C(=O)c2ncc(C)cc2C1=O)c1ccccc1. The van der Waals surface area contributed by atoms with Crippen molar-refractivity contribution < 1.29 is 14.7 Å². The van der Waals surface area contributed by atoms with E-state index in [1.165, 1.54) is 6.20 Å². The molecule has 0 saturated heterocycles. The Hall–Kier alpha value is -3.08. The van der Waals surface area contributed by atoms with Crippen molar-refractivity contribution in [3.05, 3.63) is 76.3 Å². The van der Waals surface area contributed by atoms with E-state index < -0.39 is 17.3 Å². The van der Waals surface area contributed by atoms with Crippen LogP contribution in [0.15, 0.2) is 58.9 Å². The number of Topliss-reactive ketones (excluding diaryl/α,β-unsaturated/α-hetero) is 2. The minimum Gasteiger partial charge on any atom is -0.503 e. The lowest BCUT2D eigenvalue weighted by molar-refractivity contribution is 0.0929. The average molecular weight is 320 g/mol. The van der Waals surface area contributed by atoms with Crippen LogP contribution in [-0.2, 0) is 0 Å². The fourth-order valence-electron chi connectivity index (χ4n) is 2.68. The molecule has 0 spiro atoms. The molecule has 0 fully saturated rings. The van der Waals surface area contributed by atoms with Crippen molar-refractivity contribution in [3.8, 4) is 0 Å². The molecule has 1 heterocycles. The lowest BCUT2D eigenvalue weighted by Gasteiger charge is -2.19. The highest BCUT2D eigenvalue weighted by Crippen LogP contribution is 2.27. The van der Waals surface area contributed by atoms with Gasteiger partial charge in [-0.1, -0.05) is 30.3 Å². The lowest BCUT2D eigenvalue weighted by Crippen LogP contribution is -2.28. The molecule has 0 atom stereocenters. The molecule has 120 valence electrons. The summed E-state index contributed by atoms with van der Waals surface area (Å²) in [5.74, 6) is -1.69. The maximum Gasteiger partial charge on any atom is 0.247 e. The Morgan fingerprint density at radius 2 is 1.88 bits per heavy atom. The van der Waals surface area contributed by atoms with Gasteiger partial charge in [-0.25, -0.2) is 0 Å². The highest BCUT2D eigenvalue weighted by Gasteiger charge is 2.36. The Labute approximate surface area is 139 Å². The number of aliphatic hydroxyl groups is 1. The standard InChI is InChI=1S/C19H16N2O3/c1-3-20-15(12-7-5-4-6-8-12)14-17(22)13-9-11(2)10-21-16(13)19(24)18(14)23/h4-10,23H,3H2,1-2H3/b20-15-. The maximum atomic E-state index is 12.9. The van der Waals surface area contributed by atoms with Crippen LogP contribution < -0.4 is 0 Å². The first-order valence-electron chi connectivity index (χ1n) is 7.64. The molecule has 0 bridgehead atoms. The van der Waals surface area contributed by atoms with E-state index in [-0.39, 0.29) is 16.8 Å². The molecule has 5 nitrogen and oxygen atoms in total. The second kappa shape index (κ2) is 6.20. The summed E-state index contributed by atoms with van der Waals surface area (Å²) in [6.45, 7) is 4.04. The summed E-state index contributed by atoms with van der Waals surface area (Å²) >= 11 is 0. The summed E-state index contributed by atoms with van der Waals surface area (Å²) in [6, 6.07) is 10.7. The Morgan fingerprint density at radius 1 is 1.17 bits per heavy atom. The van der Waals surface area contributed by atoms with Gasteiger partial charge in [-0.05, 0) is 25.5 Å². The summed E-state index contributed by atoms with van der Waals surface area (Å²) < 4.78 is 0. The Morgan fingerprint density at radius 3 is 2.54 bits per heavy atom. The average Bonchev–Trinajstić information content (AvgIpc) is 2.60. The van der Waals surface area contributed by atoms with Crippen molar-refractivity contribution in [1.29, 1.82) is 0 Å². The summed E-state index contributed by atoms with van der Waals surface area (Å²) in [4.78, 5) is 33.7. The van der Waals surface area contributed by atoms with Crippen LogP contribution in [0.25, 0.3) is 0 Å². The Balaban J connectivity index is 2.22. The van der Waals surface area contributed by atoms with E-state index in [0.717, 1.165) is 5.56 Å². The zero-order valence-electron chi connectivity index (χ0n) is 13.4. The molecule has 0 amide bonds. The fourth-order valence-corrected chi connectivity index (χ4v) is 2.68. The van der Waals surface area contributed by atoms with Crippen LogP contribution in [0, 0.1) is 6.92 Å². The second-order valence-corrected chi connectivity index (χ2v) is 5.48. The normalized spacial score (nSPS) is 14.8. The number of ketones is 2. The van der Waals surface area contributed by atoms with Crippen LogP contribution in [-0.4, -0.2) is 33.9 Å². The van der Waals surface area contributed by atoms with E-state index in [0.29, 0.717) is 17.8 Å². The smallest absolute Gasteiger partial charge is 0.247 e. The number of aryl methyl sites for hydroxylation is 1. The quantitative estimate of drug-likeness (QED) is 0.881. The maximum absolute atomic E-state index is 12.9. The third-order valence-corrected chi connectivity index (χ3v) is 3.76. The number of aliphatic imine (C=N–C) groups is 1. The van der Waals surface area contributed by atoms with Gasteiger partial charge in [0.25, 0.3) is 0 Å². The van der Waals surface area contributed by atoms with E-state index in [4.69, 9.17) is 0 Å². The first kappa shape index (κ1) is 15.8. The van der Waals surface area contributed by atoms with Gasteiger partial charge in [0.2, 0.25) is 11.6 Å². The molecule has 0 saturated carbocycles. The van der Waals surface area contributed by atoms with Gasteiger partial charge in [0.05, 0.1) is 16.8 Å². The van der Waals surface area contributed by atoms with Gasteiger partial charge in [-0.3, -0.25) is 19.6 Å². The first-order chi connectivity index (χ1) is 11.5. The number of rotatable bonds is 3. The number of carbonyl (C=O) groups is 2. The van der Waals surface area contributed by atoms with Crippen molar-refractivity contribution >= 4 is 17.3 Å². The van der Waals surface area contributed by atoms with E-state index in [1.807, 2.05) is 25.1 Å². The van der Waals surface area contributed by atoms with Crippen molar-refractivity contribution in [2.24, 2.45) is 4.99 Å². The van der Waals surface area contributed by atoms with E-state index in [1.54, 1.807) is 25.1 Å². The number of benzene rings is 1. The number of aromatic nitrogens is 1. The minimum atomic E-state index is -0.653. The second-order valence-electron chi connectivity index (χ2n) is 5.48. The van der Waals surface area contributed by atoms with E-state index in [9.17, 15) is 14.7 Å². The van der Waals surface area contributed by atoms with Gasteiger partial charge in [0.1, 0.15) is 5.69 Å². The molecule has 5 heteroatoms. The fraction of sp³-hybridized carbons (Fsp3) is 0.158. The van der Waals surface area contributed by atoms with Gasteiger partial charge in [-0.15, -0.1) is 0 Å². The number of aliphatic hydroxyl groups excluding tert-OH is 1. The van der Waals surface area contributed by atoms with E-state index >= 15 is 0 Å². The highest BCUT2D eigenvalue weighted by molar-refractivity contribution is 6.39. The van der Waals surface area contributed by atoms with Crippen LogP contribution in [0.4, 0.5) is 0 Å². The predicted octanol–water partition coefficient (Wildman–Crippen LogP) is 3.09. The number of nitrogens with zero attached hydrogens (tertiary/aromatic N) is 2. The molecule has 1 aliphatic carbocycles. The zero-order valence-corrected chi connectivity index (χ0v) is 13.4. The number of hydrogen-bond acceptors (Lipinski definition) is 5. The molecular weight excluding hydrogens is 304 g/mol. The molecule has 3 rings (SSSR count). The molecule has 1 aromatic heterocycles. The first-order valence-corrected chi connectivity index (χ1v) is 7.64. The molecular formula is C19H16N2O3. The minimum absolute atomic E-state index is 0.0178. The molecule has 0 radical (unpaired) electrons. The van der Waals surface area contributed by atoms with Gasteiger partial charge >= 0.3 is 0 Å². The van der Waals surface area contributed by atoms with Crippen molar-refractivity contribution in [1.82, 2.24) is 4.98 Å². The van der Waals surface area contributed by atoms with Crippen LogP contribution >= 0.6 is 0 Å². The third kappa shape index (κ3) is 2.54. The summed E-state index contributed by atoms with van der Waals surface area (Å²) in [5, 5.41) is 10.4. The molecule has 24 heavy (non-hydrogen) atoms. The zero-order chi connectivity index (χ0) is 17.3. The summed E-state index contributed by atoms with van der Waals surface area (Å²) in [6.07, 6.45) is 1.50. The van der Waals surface area contributed by atoms with Gasteiger partial charge in [-0.2, -0.15) is 0 Å². The van der Waals surface area contributed by atoms with Crippen LogP contribution in [0.1, 0.15) is 38.9 Å². The van der Waals surface area contributed by atoms with Gasteiger partial charge in [0, 0.05) is 18.3 Å². The number of fused-ring (bicyclic) bond motifs is 1. The van der Waals surface area contributed by atoms with Gasteiger partial charge < -0.3 is 5.11 Å². The summed E-state index contributed by atoms with van der Waals surface area (Å²) in [7, 11) is 0. The number of pyridine rings is 1.